The summed E-state index contributed by atoms with van der Waals surface area (Å²) in [6.45, 7) is 2.80. The molecule has 0 aliphatic carbocycles. The summed E-state index contributed by atoms with van der Waals surface area (Å²) in [7, 11) is -3.45. The van der Waals surface area contributed by atoms with Gasteiger partial charge in [0, 0.05) is 25.0 Å². The number of nitrogens with zero attached hydrogens (tertiary/aromatic N) is 2. The van der Waals surface area contributed by atoms with Crippen LogP contribution >= 0.6 is 0 Å². The molecule has 0 spiro atoms. The highest BCUT2D eigenvalue weighted by molar-refractivity contribution is 7.89. The van der Waals surface area contributed by atoms with Crippen LogP contribution in [0.4, 0.5) is 0 Å². The first-order chi connectivity index (χ1) is 9.57. The van der Waals surface area contributed by atoms with Crippen LogP contribution in [0.15, 0.2) is 47.5 Å². The van der Waals surface area contributed by atoms with E-state index in [4.69, 9.17) is 0 Å². The Kier molecular flexibility index (Phi) is 3.31. The highest BCUT2D eigenvalue weighted by Crippen LogP contribution is 2.24. The van der Waals surface area contributed by atoms with Crippen LogP contribution in [0.5, 0.6) is 0 Å². The lowest BCUT2D eigenvalue weighted by molar-refractivity contribution is 0.391. The Hall–Kier alpha value is -1.72. The first-order valence-corrected chi connectivity index (χ1v) is 8.01. The first-order valence-electron chi connectivity index (χ1n) is 6.57. The molecule has 0 fully saturated rings. The van der Waals surface area contributed by atoms with Crippen LogP contribution in [0, 0.1) is 6.92 Å². The topological polar surface area (TPSA) is 50.3 Å². The SMILES string of the molecule is Cc1ccc(S(=O)(=O)N2CCc3ccccc3C2)cn1. The molecule has 2 heterocycles. The number of benzene rings is 1. The summed E-state index contributed by atoms with van der Waals surface area (Å²) in [5, 5.41) is 0. The van der Waals surface area contributed by atoms with E-state index in [-0.39, 0.29) is 4.90 Å². The molecule has 0 bridgehead atoms. The lowest BCUT2D eigenvalue weighted by atomic mass is 10.0. The minimum Gasteiger partial charge on any atom is -0.260 e. The summed E-state index contributed by atoms with van der Waals surface area (Å²) in [6.07, 6.45) is 2.19. The zero-order chi connectivity index (χ0) is 14.2. The predicted molar refractivity (Wildman–Crippen MR) is 76.7 cm³/mol. The minimum absolute atomic E-state index is 0.266. The van der Waals surface area contributed by atoms with Crippen LogP contribution in [0.3, 0.4) is 0 Å². The number of rotatable bonds is 2. The second kappa shape index (κ2) is 5.00. The standard InChI is InChI=1S/C15H16N2O2S/c1-12-6-7-15(10-16-12)20(18,19)17-9-8-13-4-2-3-5-14(13)11-17/h2-7,10H,8-9,11H2,1H3. The van der Waals surface area contributed by atoms with Gasteiger partial charge in [0.25, 0.3) is 0 Å². The van der Waals surface area contributed by atoms with Crippen LogP contribution in [-0.4, -0.2) is 24.3 Å². The number of aromatic nitrogens is 1. The number of hydrogen-bond acceptors (Lipinski definition) is 3. The number of fused-ring (bicyclic) bond motifs is 1. The van der Waals surface area contributed by atoms with Gasteiger partial charge in [0.15, 0.2) is 0 Å². The van der Waals surface area contributed by atoms with Gasteiger partial charge in [0.05, 0.1) is 0 Å². The third kappa shape index (κ3) is 2.34. The molecule has 0 radical (unpaired) electrons. The molecule has 0 atom stereocenters. The van der Waals surface area contributed by atoms with E-state index >= 15 is 0 Å². The molecule has 1 aromatic carbocycles. The lowest BCUT2D eigenvalue weighted by Crippen LogP contribution is -2.35. The molecule has 20 heavy (non-hydrogen) atoms. The van der Waals surface area contributed by atoms with E-state index in [1.54, 1.807) is 12.1 Å². The van der Waals surface area contributed by atoms with Crippen LogP contribution < -0.4 is 0 Å². The van der Waals surface area contributed by atoms with E-state index < -0.39 is 10.0 Å². The van der Waals surface area contributed by atoms with Gasteiger partial charge in [-0.3, -0.25) is 4.98 Å². The molecule has 3 rings (SSSR count). The van der Waals surface area contributed by atoms with Crippen LogP contribution in [-0.2, 0) is 23.0 Å². The van der Waals surface area contributed by atoms with Gasteiger partial charge in [-0.15, -0.1) is 0 Å². The molecule has 1 aliphatic heterocycles. The van der Waals surface area contributed by atoms with Gasteiger partial charge >= 0.3 is 0 Å². The maximum Gasteiger partial charge on any atom is 0.244 e. The van der Waals surface area contributed by atoms with E-state index in [2.05, 4.69) is 11.1 Å². The predicted octanol–water partition coefficient (Wildman–Crippen LogP) is 2.14. The van der Waals surface area contributed by atoms with Gasteiger partial charge in [0.2, 0.25) is 10.0 Å². The molecule has 0 N–H and O–H groups in total. The summed E-state index contributed by atoms with van der Waals surface area (Å²) in [5.74, 6) is 0. The molecule has 5 heteroatoms. The summed E-state index contributed by atoms with van der Waals surface area (Å²) in [6, 6.07) is 11.3. The highest BCUT2D eigenvalue weighted by atomic mass is 32.2. The van der Waals surface area contributed by atoms with Gasteiger partial charge in [-0.1, -0.05) is 24.3 Å². The molecule has 0 saturated carbocycles. The molecule has 1 aromatic heterocycles. The van der Waals surface area contributed by atoms with Gasteiger partial charge < -0.3 is 0 Å². The minimum atomic E-state index is -3.45. The van der Waals surface area contributed by atoms with Crippen molar-refractivity contribution in [1.29, 1.82) is 0 Å². The normalized spacial score (nSPS) is 15.8. The Labute approximate surface area is 119 Å². The molecule has 0 unspecified atom stereocenters. The molecule has 2 aromatic rings. The Bertz CT molecular complexity index is 724. The third-order valence-electron chi connectivity index (χ3n) is 3.62. The number of sulfonamides is 1. The summed E-state index contributed by atoms with van der Waals surface area (Å²) in [5.41, 5.74) is 3.14. The number of hydrogen-bond donors (Lipinski definition) is 0. The fraction of sp³-hybridized carbons (Fsp3) is 0.267. The third-order valence-corrected chi connectivity index (χ3v) is 5.45. The second-order valence-corrected chi connectivity index (χ2v) is 6.93. The molecule has 1 aliphatic rings. The molecule has 4 nitrogen and oxygen atoms in total. The Morgan fingerprint density at radius 3 is 2.55 bits per heavy atom. The molecular weight excluding hydrogens is 272 g/mol. The van der Waals surface area contributed by atoms with Crippen molar-refractivity contribution in [1.82, 2.24) is 9.29 Å². The van der Waals surface area contributed by atoms with E-state index in [0.29, 0.717) is 13.1 Å². The maximum atomic E-state index is 12.6. The van der Waals surface area contributed by atoms with Gasteiger partial charge in [-0.05, 0) is 36.6 Å². The molecule has 0 saturated heterocycles. The monoisotopic (exact) mass is 288 g/mol. The fourth-order valence-corrected chi connectivity index (χ4v) is 3.80. The first kappa shape index (κ1) is 13.3. The summed E-state index contributed by atoms with van der Waals surface area (Å²) >= 11 is 0. The van der Waals surface area contributed by atoms with E-state index in [0.717, 1.165) is 17.7 Å². The Morgan fingerprint density at radius 2 is 1.85 bits per heavy atom. The van der Waals surface area contributed by atoms with Gasteiger partial charge in [-0.25, -0.2) is 8.42 Å². The maximum absolute atomic E-state index is 12.6. The molecule has 0 amide bonds. The van der Waals surface area contributed by atoms with Crippen molar-refractivity contribution in [3.8, 4) is 0 Å². The van der Waals surface area contributed by atoms with Crippen molar-refractivity contribution >= 4 is 10.0 Å². The quantitative estimate of drug-likeness (QED) is 0.850. The van der Waals surface area contributed by atoms with E-state index in [1.165, 1.54) is 16.1 Å². The van der Waals surface area contributed by atoms with Crippen molar-refractivity contribution in [3.05, 3.63) is 59.4 Å². The Balaban J connectivity index is 1.92. The second-order valence-electron chi connectivity index (χ2n) is 4.99. The summed E-state index contributed by atoms with van der Waals surface area (Å²) in [4.78, 5) is 4.34. The van der Waals surface area contributed by atoms with Crippen molar-refractivity contribution in [2.24, 2.45) is 0 Å². The lowest BCUT2D eigenvalue weighted by Gasteiger charge is -2.27. The van der Waals surface area contributed by atoms with E-state index in [9.17, 15) is 8.42 Å². The van der Waals surface area contributed by atoms with Crippen molar-refractivity contribution in [2.75, 3.05) is 6.54 Å². The number of aryl methyl sites for hydroxylation is 1. The van der Waals surface area contributed by atoms with Crippen LogP contribution in [0.1, 0.15) is 16.8 Å². The highest BCUT2D eigenvalue weighted by Gasteiger charge is 2.28. The van der Waals surface area contributed by atoms with Gasteiger partial charge in [0.1, 0.15) is 4.90 Å². The summed E-state index contributed by atoms with van der Waals surface area (Å²) < 4.78 is 26.7. The van der Waals surface area contributed by atoms with Crippen molar-refractivity contribution in [2.45, 2.75) is 24.8 Å². The van der Waals surface area contributed by atoms with Crippen LogP contribution in [0.25, 0.3) is 0 Å². The molecule has 104 valence electrons. The van der Waals surface area contributed by atoms with Crippen molar-refractivity contribution in [3.63, 3.8) is 0 Å². The van der Waals surface area contributed by atoms with Crippen LogP contribution in [0.2, 0.25) is 0 Å². The zero-order valence-electron chi connectivity index (χ0n) is 11.3. The zero-order valence-corrected chi connectivity index (χ0v) is 12.1. The average Bonchev–Trinajstić information content (AvgIpc) is 2.47. The smallest absolute Gasteiger partial charge is 0.244 e. The largest absolute Gasteiger partial charge is 0.260 e. The van der Waals surface area contributed by atoms with E-state index in [1.807, 2.05) is 25.1 Å². The van der Waals surface area contributed by atoms with Gasteiger partial charge in [-0.2, -0.15) is 4.31 Å². The average molecular weight is 288 g/mol. The Morgan fingerprint density at radius 1 is 1.10 bits per heavy atom. The van der Waals surface area contributed by atoms with Crippen molar-refractivity contribution < 1.29 is 8.42 Å². The molecular formula is C15H16N2O2S. The fourth-order valence-electron chi connectivity index (χ4n) is 2.43. The number of pyridine rings is 1.